The third-order valence-corrected chi connectivity index (χ3v) is 5.23. The van der Waals surface area contributed by atoms with Crippen LogP contribution in [0.25, 0.3) is 16.5 Å². The summed E-state index contributed by atoms with van der Waals surface area (Å²) in [6.45, 7) is 0. The minimum absolute atomic E-state index is 0.0199. The second-order valence-corrected chi connectivity index (χ2v) is 7.30. The van der Waals surface area contributed by atoms with Crippen molar-refractivity contribution in [2.24, 2.45) is 0 Å². The molecule has 0 bridgehead atoms. The summed E-state index contributed by atoms with van der Waals surface area (Å²) in [7, 11) is 0. The highest BCUT2D eigenvalue weighted by Crippen LogP contribution is 2.22. The molecule has 0 fully saturated rings. The molecule has 0 unspecified atom stereocenters. The number of aromatic nitrogens is 2. The van der Waals surface area contributed by atoms with E-state index in [4.69, 9.17) is 23.2 Å². The standard InChI is InChI=1S/C22H14Cl2N4O3/c23-17-11-10-13(12-18(17)24)20(29)25-26-21(30)19-15-8-4-5-9-16(15)22(31)28(27-19)14-6-2-1-3-7-14/h1-12H,(H,25,29)(H,26,30). The molecule has 0 radical (unpaired) electrons. The van der Waals surface area contributed by atoms with Gasteiger partial charge in [-0.2, -0.15) is 9.78 Å². The van der Waals surface area contributed by atoms with E-state index in [0.717, 1.165) is 4.68 Å². The monoisotopic (exact) mass is 452 g/mol. The molecular weight excluding hydrogens is 439 g/mol. The van der Waals surface area contributed by atoms with E-state index in [2.05, 4.69) is 16.0 Å². The molecule has 154 valence electrons. The predicted octanol–water partition coefficient (Wildman–Crippen LogP) is 3.77. The summed E-state index contributed by atoms with van der Waals surface area (Å²) in [4.78, 5) is 38.1. The Kier molecular flexibility index (Phi) is 5.70. The third kappa shape index (κ3) is 4.14. The quantitative estimate of drug-likeness (QED) is 0.462. The van der Waals surface area contributed by atoms with Crippen LogP contribution in [-0.4, -0.2) is 21.6 Å². The van der Waals surface area contributed by atoms with E-state index in [9.17, 15) is 14.4 Å². The van der Waals surface area contributed by atoms with Crippen LogP contribution in [0.2, 0.25) is 10.0 Å². The number of nitrogens with zero attached hydrogens (tertiary/aromatic N) is 2. The lowest BCUT2D eigenvalue weighted by Crippen LogP contribution is -2.42. The number of hydrogen-bond acceptors (Lipinski definition) is 4. The van der Waals surface area contributed by atoms with Crippen LogP contribution in [0.15, 0.2) is 77.6 Å². The molecule has 0 saturated heterocycles. The van der Waals surface area contributed by atoms with Gasteiger partial charge >= 0.3 is 0 Å². The zero-order chi connectivity index (χ0) is 22.0. The first-order valence-corrected chi connectivity index (χ1v) is 9.84. The van der Waals surface area contributed by atoms with Crippen LogP contribution >= 0.6 is 23.2 Å². The molecular formula is C22H14Cl2N4O3. The van der Waals surface area contributed by atoms with Gasteiger partial charge in [0.15, 0.2) is 5.69 Å². The molecule has 0 atom stereocenters. The fourth-order valence-electron chi connectivity index (χ4n) is 2.98. The largest absolute Gasteiger partial charge is 0.290 e. The molecule has 4 aromatic rings. The maximum atomic E-state index is 12.9. The van der Waals surface area contributed by atoms with Crippen LogP contribution in [0.4, 0.5) is 0 Å². The number of hydrogen-bond donors (Lipinski definition) is 2. The van der Waals surface area contributed by atoms with E-state index in [1.807, 2.05) is 6.07 Å². The van der Waals surface area contributed by atoms with Crippen LogP contribution in [0.5, 0.6) is 0 Å². The van der Waals surface area contributed by atoms with E-state index in [-0.39, 0.29) is 21.8 Å². The Morgan fingerprint density at radius 1 is 0.774 bits per heavy atom. The van der Waals surface area contributed by atoms with Gasteiger partial charge < -0.3 is 0 Å². The minimum Gasteiger partial charge on any atom is -0.267 e. The van der Waals surface area contributed by atoms with Crippen molar-refractivity contribution in [3.8, 4) is 5.69 Å². The first kappa shape index (κ1) is 20.6. The van der Waals surface area contributed by atoms with Crippen molar-refractivity contribution >= 4 is 45.8 Å². The van der Waals surface area contributed by atoms with Gasteiger partial charge in [-0.1, -0.05) is 59.6 Å². The Hall–Kier alpha value is -3.68. The first-order chi connectivity index (χ1) is 15.0. The Labute approximate surface area is 186 Å². The zero-order valence-corrected chi connectivity index (χ0v) is 17.3. The molecule has 31 heavy (non-hydrogen) atoms. The number of amides is 2. The number of hydrazine groups is 1. The number of benzene rings is 3. The van der Waals surface area contributed by atoms with Gasteiger partial charge in [0.05, 0.1) is 21.1 Å². The molecule has 7 nitrogen and oxygen atoms in total. The van der Waals surface area contributed by atoms with Crippen molar-refractivity contribution in [1.82, 2.24) is 20.6 Å². The summed E-state index contributed by atoms with van der Waals surface area (Å²) in [5.74, 6) is -1.28. The molecule has 4 rings (SSSR count). The molecule has 0 aliphatic heterocycles. The van der Waals surface area contributed by atoms with E-state index in [1.165, 1.54) is 18.2 Å². The maximum Gasteiger partial charge on any atom is 0.290 e. The average Bonchev–Trinajstić information content (AvgIpc) is 2.80. The molecule has 3 aromatic carbocycles. The van der Waals surface area contributed by atoms with Crippen LogP contribution < -0.4 is 16.4 Å². The van der Waals surface area contributed by atoms with Crippen molar-refractivity contribution in [2.75, 3.05) is 0 Å². The van der Waals surface area contributed by atoms with E-state index in [0.29, 0.717) is 21.5 Å². The van der Waals surface area contributed by atoms with Gasteiger partial charge in [-0.05, 0) is 36.4 Å². The zero-order valence-electron chi connectivity index (χ0n) is 15.8. The highest BCUT2D eigenvalue weighted by atomic mass is 35.5. The van der Waals surface area contributed by atoms with E-state index in [1.54, 1.807) is 48.5 Å². The maximum absolute atomic E-state index is 12.9. The van der Waals surface area contributed by atoms with Crippen molar-refractivity contribution in [2.45, 2.75) is 0 Å². The lowest BCUT2D eigenvalue weighted by molar-refractivity contribution is 0.0844. The topological polar surface area (TPSA) is 93.1 Å². The highest BCUT2D eigenvalue weighted by molar-refractivity contribution is 6.42. The number of halogens is 2. The Balaban J connectivity index is 1.67. The van der Waals surface area contributed by atoms with Crippen molar-refractivity contribution in [3.63, 3.8) is 0 Å². The van der Waals surface area contributed by atoms with Crippen LogP contribution in [0.3, 0.4) is 0 Å². The Bertz CT molecular complexity index is 1370. The molecule has 2 N–H and O–H groups in total. The average molecular weight is 453 g/mol. The fourth-order valence-corrected chi connectivity index (χ4v) is 3.28. The third-order valence-electron chi connectivity index (χ3n) is 4.49. The summed E-state index contributed by atoms with van der Waals surface area (Å²) in [6.07, 6.45) is 0. The molecule has 9 heteroatoms. The van der Waals surface area contributed by atoms with E-state index < -0.39 is 11.8 Å². The van der Waals surface area contributed by atoms with Crippen molar-refractivity contribution < 1.29 is 9.59 Å². The smallest absolute Gasteiger partial charge is 0.267 e. The van der Waals surface area contributed by atoms with Crippen molar-refractivity contribution in [1.29, 1.82) is 0 Å². The van der Waals surface area contributed by atoms with Gasteiger partial charge in [-0.25, -0.2) is 0 Å². The van der Waals surface area contributed by atoms with Crippen molar-refractivity contribution in [3.05, 3.63) is 104 Å². The van der Waals surface area contributed by atoms with Gasteiger partial charge in [-0.15, -0.1) is 0 Å². The molecule has 2 amide bonds. The fraction of sp³-hybridized carbons (Fsp3) is 0. The Morgan fingerprint density at radius 3 is 2.13 bits per heavy atom. The molecule has 1 heterocycles. The number of rotatable bonds is 3. The molecule has 0 aliphatic carbocycles. The van der Waals surface area contributed by atoms with Gasteiger partial charge in [0, 0.05) is 10.9 Å². The highest BCUT2D eigenvalue weighted by Gasteiger charge is 2.18. The van der Waals surface area contributed by atoms with Crippen LogP contribution in [0.1, 0.15) is 20.8 Å². The normalized spacial score (nSPS) is 10.6. The number of carbonyl (C=O) groups excluding carboxylic acids is 2. The second-order valence-electron chi connectivity index (χ2n) is 6.48. The predicted molar refractivity (Wildman–Crippen MR) is 119 cm³/mol. The molecule has 1 aromatic heterocycles. The molecule has 0 spiro atoms. The van der Waals surface area contributed by atoms with Gasteiger partial charge in [0.25, 0.3) is 17.4 Å². The molecule has 0 saturated carbocycles. The van der Waals surface area contributed by atoms with Gasteiger partial charge in [0.2, 0.25) is 0 Å². The SMILES string of the molecule is O=C(NNC(=O)c1nn(-c2ccccc2)c(=O)c2ccccc12)c1ccc(Cl)c(Cl)c1. The summed E-state index contributed by atoms with van der Waals surface area (Å²) >= 11 is 11.8. The molecule has 0 aliphatic rings. The summed E-state index contributed by atoms with van der Waals surface area (Å²) in [5.41, 5.74) is 4.98. The summed E-state index contributed by atoms with van der Waals surface area (Å²) in [6, 6.07) is 19.7. The van der Waals surface area contributed by atoms with E-state index >= 15 is 0 Å². The summed E-state index contributed by atoms with van der Waals surface area (Å²) < 4.78 is 1.15. The number of fused-ring (bicyclic) bond motifs is 1. The van der Waals surface area contributed by atoms with Gasteiger partial charge in [-0.3, -0.25) is 25.2 Å². The lowest BCUT2D eigenvalue weighted by Gasteiger charge is -2.12. The minimum atomic E-state index is -0.686. The second kappa shape index (κ2) is 8.59. The van der Waals surface area contributed by atoms with Gasteiger partial charge in [0.1, 0.15) is 0 Å². The number of nitrogens with one attached hydrogen (secondary N) is 2. The summed E-state index contributed by atoms with van der Waals surface area (Å²) in [5, 5.41) is 5.45. The first-order valence-electron chi connectivity index (χ1n) is 9.09. The lowest BCUT2D eigenvalue weighted by atomic mass is 10.1. The Morgan fingerprint density at radius 2 is 1.42 bits per heavy atom. The van der Waals surface area contributed by atoms with Crippen LogP contribution in [0, 0.1) is 0 Å². The van der Waals surface area contributed by atoms with Crippen LogP contribution in [-0.2, 0) is 0 Å². The number of carbonyl (C=O) groups is 2. The number of para-hydroxylation sites is 1.